The van der Waals surface area contributed by atoms with Crippen LogP contribution in [-0.4, -0.2) is 36.4 Å². The fraction of sp³-hybridized carbons (Fsp3) is 0.357. The van der Waals surface area contributed by atoms with Crippen molar-refractivity contribution < 1.29 is 4.52 Å². The summed E-state index contributed by atoms with van der Waals surface area (Å²) in [5.41, 5.74) is 0.821. The Morgan fingerprint density at radius 2 is 2.09 bits per heavy atom. The Bertz CT molecular complexity index is 708. The van der Waals surface area contributed by atoms with Gasteiger partial charge in [-0.05, 0) is 31.9 Å². The van der Waals surface area contributed by atoms with Gasteiger partial charge in [0.2, 0.25) is 0 Å². The van der Waals surface area contributed by atoms with Crippen molar-refractivity contribution in [3.63, 3.8) is 0 Å². The number of unbranched alkanes of at least 4 members (excludes halogenated alkanes) is 1. The first-order valence-electron chi connectivity index (χ1n) is 7.15. The van der Waals surface area contributed by atoms with Crippen molar-refractivity contribution in [3.8, 4) is 11.5 Å². The van der Waals surface area contributed by atoms with Crippen LogP contribution in [0.3, 0.4) is 0 Å². The SMILES string of the molecule is Cc1noc(-c2cccnc2NCCCCn2cnnc2)n1. The number of hydrogen-bond donors (Lipinski definition) is 1. The van der Waals surface area contributed by atoms with Crippen LogP contribution in [0.15, 0.2) is 35.5 Å². The smallest absolute Gasteiger partial charge is 0.261 e. The third kappa shape index (κ3) is 3.46. The van der Waals surface area contributed by atoms with Crippen molar-refractivity contribution >= 4 is 5.82 Å². The van der Waals surface area contributed by atoms with E-state index in [9.17, 15) is 0 Å². The minimum atomic E-state index is 0.484. The predicted octanol–water partition coefficient (Wildman–Crippen LogP) is 1.92. The predicted molar refractivity (Wildman–Crippen MR) is 80.0 cm³/mol. The molecule has 22 heavy (non-hydrogen) atoms. The second kappa shape index (κ2) is 6.79. The van der Waals surface area contributed by atoms with Crippen LogP contribution in [-0.2, 0) is 6.54 Å². The molecule has 0 aromatic carbocycles. The quantitative estimate of drug-likeness (QED) is 0.666. The summed E-state index contributed by atoms with van der Waals surface area (Å²) in [6.45, 7) is 3.52. The number of rotatable bonds is 7. The van der Waals surface area contributed by atoms with E-state index in [1.807, 2.05) is 16.7 Å². The normalized spacial score (nSPS) is 10.8. The molecule has 0 radical (unpaired) electrons. The first-order valence-corrected chi connectivity index (χ1v) is 7.15. The lowest BCUT2D eigenvalue weighted by Crippen LogP contribution is -2.06. The Balaban J connectivity index is 1.54. The molecule has 3 aromatic rings. The van der Waals surface area contributed by atoms with E-state index in [1.165, 1.54) is 0 Å². The molecular weight excluding hydrogens is 282 g/mol. The molecule has 0 aliphatic heterocycles. The van der Waals surface area contributed by atoms with Gasteiger partial charge in [0.05, 0.1) is 5.56 Å². The van der Waals surface area contributed by atoms with Gasteiger partial charge in [-0.15, -0.1) is 10.2 Å². The van der Waals surface area contributed by atoms with Crippen molar-refractivity contribution in [3.05, 3.63) is 36.8 Å². The van der Waals surface area contributed by atoms with Crippen LogP contribution < -0.4 is 5.32 Å². The first-order chi connectivity index (χ1) is 10.8. The van der Waals surface area contributed by atoms with E-state index in [1.54, 1.807) is 25.8 Å². The zero-order valence-electron chi connectivity index (χ0n) is 12.3. The summed E-state index contributed by atoms with van der Waals surface area (Å²) in [5, 5.41) is 14.7. The summed E-state index contributed by atoms with van der Waals surface area (Å²) in [5.74, 6) is 1.85. The number of aromatic nitrogens is 6. The molecular formula is C14H17N7O. The highest BCUT2D eigenvalue weighted by molar-refractivity contribution is 5.68. The number of aryl methyl sites for hydroxylation is 2. The lowest BCUT2D eigenvalue weighted by Gasteiger charge is -2.08. The Hall–Kier alpha value is -2.77. The molecule has 8 nitrogen and oxygen atoms in total. The minimum Gasteiger partial charge on any atom is -0.369 e. The van der Waals surface area contributed by atoms with Crippen molar-refractivity contribution in [1.82, 2.24) is 29.9 Å². The molecule has 0 aliphatic rings. The maximum atomic E-state index is 5.21. The average molecular weight is 299 g/mol. The van der Waals surface area contributed by atoms with Gasteiger partial charge in [-0.2, -0.15) is 4.98 Å². The lowest BCUT2D eigenvalue weighted by molar-refractivity contribution is 0.425. The van der Waals surface area contributed by atoms with E-state index in [0.717, 1.165) is 37.3 Å². The van der Waals surface area contributed by atoms with Crippen LogP contribution in [0.1, 0.15) is 18.7 Å². The van der Waals surface area contributed by atoms with E-state index in [2.05, 4.69) is 30.6 Å². The Morgan fingerprint density at radius 3 is 2.86 bits per heavy atom. The highest BCUT2D eigenvalue weighted by atomic mass is 16.5. The first kappa shape index (κ1) is 14.2. The molecule has 1 N–H and O–H groups in total. The minimum absolute atomic E-state index is 0.484. The van der Waals surface area contributed by atoms with Gasteiger partial charge in [-0.1, -0.05) is 5.16 Å². The van der Waals surface area contributed by atoms with Crippen molar-refractivity contribution in [2.24, 2.45) is 0 Å². The average Bonchev–Trinajstić information content (AvgIpc) is 3.19. The standard InChI is InChI=1S/C14H17N7O/c1-11-19-14(22-20-11)12-5-4-7-16-13(12)15-6-2-3-8-21-9-17-18-10-21/h4-5,7,9-10H,2-3,6,8H2,1H3,(H,15,16). The summed E-state index contributed by atoms with van der Waals surface area (Å²) < 4.78 is 7.17. The summed E-state index contributed by atoms with van der Waals surface area (Å²) in [7, 11) is 0. The maximum Gasteiger partial charge on any atom is 0.261 e. The van der Waals surface area contributed by atoms with Gasteiger partial charge in [-0.25, -0.2) is 4.98 Å². The molecule has 0 aliphatic carbocycles. The molecule has 0 amide bonds. The second-order valence-electron chi connectivity index (χ2n) is 4.88. The number of pyridine rings is 1. The molecule has 0 saturated heterocycles. The van der Waals surface area contributed by atoms with Gasteiger partial charge in [0.25, 0.3) is 5.89 Å². The van der Waals surface area contributed by atoms with E-state index in [4.69, 9.17) is 4.52 Å². The third-order valence-electron chi connectivity index (χ3n) is 3.17. The van der Waals surface area contributed by atoms with Crippen molar-refractivity contribution in [1.29, 1.82) is 0 Å². The number of nitrogens with zero attached hydrogens (tertiary/aromatic N) is 6. The largest absolute Gasteiger partial charge is 0.369 e. The molecule has 3 aromatic heterocycles. The van der Waals surface area contributed by atoms with Gasteiger partial charge in [0.15, 0.2) is 5.82 Å². The van der Waals surface area contributed by atoms with Crippen LogP contribution >= 0.6 is 0 Å². The molecule has 0 atom stereocenters. The summed E-state index contributed by atoms with van der Waals surface area (Å²) >= 11 is 0. The van der Waals surface area contributed by atoms with E-state index >= 15 is 0 Å². The zero-order chi connectivity index (χ0) is 15.2. The van der Waals surface area contributed by atoms with Crippen LogP contribution in [0, 0.1) is 6.92 Å². The fourth-order valence-electron chi connectivity index (χ4n) is 2.09. The molecule has 0 bridgehead atoms. The fourth-order valence-corrected chi connectivity index (χ4v) is 2.09. The molecule has 0 unspecified atom stereocenters. The molecule has 3 rings (SSSR count). The summed E-state index contributed by atoms with van der Waals surface area (Å²) in [6, 6.07) is 3.77. The topological polar surface area (TPSA) is 94.6 Å². The maximum absolute atomic E-state index is 5.21. The van der Waals surface area contributed by atoms with E-state index in [-0.39, 0.29) is 0 Å². The van der Waals surface area contributed by atoms with Gasteiger partial charge < -0.3 is 14.4 Å². The Morgan fingerprint density at radius 1 is 1.23 bits per heavy atom. The van der Waals surface area contributed by atoms with Gasteiger partial charge in [-0.3, -0.25) is 0 Å². The Labute approximate surface area is 127 Å². The highest BCUT2D eigenvalue weighted by Crippen LogP contribution is 2.24. The second-order valence-corrected chi connectivity index (χ2v) is 4.88. The lowest BCUT2D eigenvalue weighted by atomic mass is 10.2. The van der Waals surface area contributed by atoms with E-state index < -0.39 is 0 Å². The van der Waals surface area contributed by atoms with E-state index in [0.29, 0.717) is 11.7 Å². The Kier molecular flexibility index (Phi) is 4.38. The molecule has 3 heterocycles. The molecule has 0 fully saturated rings. The third-order valence-corrected chi connectivity index (χ3v) is 3.17. The van der Waals surface area contributed by atoms with Gasteiger partial charge in [0.1, 0.15) is 18.5 Å². The van der Waals surface area contributed by atoms with Crippen molar-refractivity contribution in [2.45, 2.75) is 26.3 Å². The van der Waals surface area contributed by atoms with Crippen LogP contribution in [0.25, 0.3) is 11.5 Å². The molecule has 0 saturated carbocycles. The van der Waals surface area contributed by atoms with Gasteiger partial charge >= 0.3 is 0 Å². The number of anilines is 1. The summed E-state index contributed by atoms with van der Waals surface area (Å²) in [4.78, 5) is 8.59. The molecule has 0 spiro atoms. The van der Waals surface area contributed by atoms with Crippen LogP contribution in [0.4, 0.5) is 5.82 Å². The summed E-state index contributed by atoms with van der Waals surface area (Å²) in [6.07, 6.45) is 7.24. The molecule has 8 heteroatoms. The number of nitrogens with one attached hydrogen (secondary N) is 1. The van der Waals surface area contributed by atoms with Crippen LogP contribution in [0.5, 0.6) is 0 Å². The number of hydrogen-bond acceptors (Lipinski definition) is 7. The van der Waals surface area contributed by atoms with Gasteiger partial charge in [0, 0.05) is 19.3 Å². The van der Waals surface area contributed by atoms with Crippen molar-refractivity contribution in [2.75, 3.05) is 11.9 Å². The monoisotopic (exact) mass is 299 g/mol. The zero-order valence-corrected chi connectivity index (χ0v) is 12.3. The highest BCUT2D eigenvalue weighted by Gasteiger charge is 2.11. The van der Waals surface area contributed by atoms with Crippen LogP contribution in [0.2, 0.25) is 0 Å². The molecule has 114 valence electrons.